The van der Waals surface area contributed by atoms with Crippen molar-refractivity contribution in [1.29, 1.82) is 0 Å². The van der Waals surface area contributed by atoms with Crippen LogP contribution < -0.4 is 5.32 Å². The number of hydrogen-bond acceptors (Lipinski definition) is 3. The average molecular weight is 350 g/mol. The molecule has 0 aliphatic carbocycles. The van der Waals surface area contributed by atoms with E-state index in [0.717, 1.165) is 25.2 Å². The van der Waals surface area contributed by atoms with Gasteiger partial charge < -0.3 is 15.1 Å². The molecule has 1 aromatic rings. The van der Waals surface area contributed by atoms with E-state index in [4.69, 9.17) is 11.6 Å². The Hall–Kier alpha value is -1.59. The quantitative estimate of drug-likeness (QED) is 0.855. The SMILES string of the molecule is O=C(NCCN1CCCC1)C1CCC(=O)N1Cc1ccccc1Cl. The molecule has 6 heteroatoms. The van der Waals surface area contributed by atoms with E-state index in [-0.39, 0.29) is 17.9 Å². The third kappa shape index (κ3) is 4.08. The first-order valence-corrected chi connectivity index (χ1v) is 9.06. The van der Waals surface area contributed by atoms with Gasteiger partial charge >= 0.3 is 0 Å². The lowest BCUT2D eigenvalue weighted by atomic mass is 10.1. The van der Waals surface area contributed by atoms with E-state index in [9.17, 15) is 9.59 Å². The van der Waals surface area contributed by atoms with Crippen LogP contribution in [0.25, 0.3) is 0 Å². The summed E-state index contributed by atoms with van der Waals surface area (Å²) >= 11 is 6.19. The van der Waals surface area contributed by atoms with Gasteiger partial charge in [-0.1, -0.05) is 29.8 Å². The molecule has 1 atom stereocenters. The molecule has 2 fully saturated rings. The standard InChI is InChI=1S/C18H24ClN3O2/c19-15-6-2-1-5-14(15)13-22-16(7-8-17(22)23)18(24)20-9-12-21-10-3-4-11-21/h1-2,5-6,16H,3-4,7-13H2,(H,20,24). The van der Waals surface area contributed by atoms with Crippen molar-refractivity contribution in [3.63, 3.8) is 0 Å². The van der Waals surface area contributed by atoms with Gasteiger partial charge in [-0.3, -0.25) is 9.59 Å². The molecule has 2 saturated heterocycles. The van der Waals surface area contributed by atoms with E-state index < -0.39 is 0 Å². The van der Waals surface area contributed by atoms with Crippen LogP contribution >= 0.6 is 11.6 Å². The van der Waals surface area contributed by atoms with Crippen LogP contribution in [0.4, 0.5) is 0 Å². The maximum atomic E-state index is 12.5. The summed E-state index contributed by atoms with van der Waals surface area (Å²) in [6.07, 6.45) is 3.50. The first kappa shape index (κ1) is 17.2. The molecule has 0 bridgehead atoms. The predicted octanol–water partition coefficient (Wildman–Crippen LogP) is 2.04. The van der Waals surface area contributed by atoms with E-state index in [1.165, 1.54) is 12.8 Å². The Kier molecular flexibility index (Phi) is 5.74. The van der Waals surface area contributed by atoms with Crippen LogP contribution in [-0.2, 0) is 16.1 Å². The van der Waals surface area contributed by atoms with Crippen molar-refractivity contribution in [2.45, 2.75) is 38.3 Å². The number of hydrogen-bond donors (Lipinski definition) is 1. The summed E-state index contributed by atoms with van der Waals surface area (Å²) < 4.78 is 0. The van der Waals surface area contributed by atoms with E-state index >= 15 is 0 Å². The molecule has 0 aromatic heterocycles. The summed E-state index contributed by atoms with van der Waals surface area (Å²) in [5.74, 6) is -0.0262. The number of rotatable bonds is 6. The molecular weight excluding hydrogens is 326 g/mol. The zero-order chi connectivity index (χ0) is 16.9. The molecule has 0 radical (unpaired) electrons. The smallest absolute Gasteiger partial charge is 0.242 e. The Bertz CT molecular complexity index is 602. The van der Waals surface area contributed by atoms with Crippen LogP contribution in [-0.4, -0.2) is 53.8 Å². The van der Waals surface area contributed by atoms with Crippen LogP contribution in [0.5, 0.6) is 0 Å². The lowest BCUT2D eigenvalue weighted by Crippen LogP contribution is -2.46. The molecule has 2 heterocycles. The Morgan fingerprint density at radius 3 is 2.75 bits per heavy atom. The Morgan fingerprint density at radius 1 is 1.25 bits per heavy atom. The van der Waals surface area contributed by atoms with Crippen molar-refractivity contribution in [2.75, 3.05) is 26.2 Å². The molecular formula is C18H24ClN3O2. The Labute approximate surface area is 147 Å². The van der Waals surface area contributed by atoms with Crippen molar-refractivity contribution < 1.29 is 9.59 Å². The summed E-state index contributed by atoms with van der Waals surface area (Å²) in [6, 6.07) is 7.08. The molecule has 3 rings (SSSR count). The van der Waals surface area contributed by atoms with Gasteiger partial charge in [0.2, 0.25) is 11.8 Å². The molecule has 2 aliphatic heterocycles. The largest absolute Gasteiger partial charge is 0.353 e. The summed E-state index contributed by atoms with van der Waals surface area (Å²) in [4.78, 5) is 28.7. The van der Waals surface area contributed by atoms with Gasteiger partial charge in [-0.25, -0.2) is 0 Å². The zero-order valence-electron chi connectivity index (χ0n) is 13.8. The number of benzene rings is 1. The Morgan fingerprint density at radius 2 is 2.00 bits per heavy atom. The third-order valence-electron chi connectivity index (χ3n) is 4.86. The number of carbonyl (C=O) groups is 2. The first-order chi connectivity index (χ1) is 11.6. The second-order valence-electron chi connectivity index (χ2n) is 6.51. The molecule has 2 aliphatic rings. The summed E-state index contributed by atoms with van der Waals surface area (Å²) in [6.45, 7) is 4.16. The molecule has 5 nitrogen and oxygen atoms in total. The van der Waals surface area contributed by atoms with Crippen molar-refractivity contribution >= 4 is 23.4 Å². The lowest BCUT2D eigenvalue weighted by Gasteiger charge is -2.25. The van der Waals surface area contributed by atoms with E-state index in [1.807, 2.05) is 24.3 Å². The second-order valence-corrected chi connectivity index (χ2v) is 6.91. The van der Waals surface area contributed by atoms with Gasteiger partial charge in [0.1, 0.15) is 6.04 Å². The van der Waals surface area contributed by atoms with Gasteiger partial charge in [-0.15, -0.1) is 0 Å². The highest BCUT2D eigenvalue weighted by molar-refractivity contribution is 6.31. The van der Waals surface area contributed by atoms with Gasteiger partial charge in [0.05, 0.1) is 0 Å². The van der Waals surface area contributed by atoms with Crippen molar-refractivity contribution in [3.05, 3.63) is 34.9 Å². The zero-order valence-corrected chi connectivity index (χ0v) is 14.6. The number of nitrogens with zero attached hydrogens (tertiary/aromatic N) is 2. The minimum Gasteiger partial charge on any atom is -0.353 e. The van der Waals surface area contributed by atoms with Crippen LogP contribution in [0.1, 0.15) is 31.2 Å². The fraction of sp³-hybridized carbons (Fsp3) is 0.556. The van der Waals surface area contributed by atoms with E-state index in [1.54, 1.807) is 4.90 Å². The van der Waals surface area contributed by atoms with Crippen molar-refractivity contribution in [2.24, 2.45) is 0 Å². The molecule has 0 saturated carbocycles. The highest BCUT2D eigenvalue weighted by atomic mass is 35.5. The fourth-order valence-corrected chi connectivity index (χ4v) is 3.67. The summed E-state index contributed by atoms with van der Waals surface area (Å²) in [5, 5.41) is 3.62. The normalized spacial score (nSPS) is 21.5. The van der Waals surface area contributed by atoms with Gasteiger partial charge in [0.25, 0.3) is 0 Å². The average Bonchev–Trinajstić information content (AvgIpc) is 3.20. The first-order valence-electron chi connectivity index (χ1n) is 8.68. The van der Waals surface area contributed by atoms with Crippen molar-refractivity contribution in [3.8, 4) is 0 Å². The number of halogens is 1. The molecule has 0 spiro atoms. The molecule has 130 valence electrons. The molecule has 24 heavy (non-hydrogen) atoms. The van der Waals surface area contributed by atoms with Crippen LogP contribution in [0.2, 0.25) is 5.02 Å². The summed E-state index contributed by atoms with van der Waals surface area (Å²) in [7, 11) is 0. The Balaban J connectivity index is 1.55. The van der Waals surface area contributed by atoms with Crippen LogP contribution in [0.15, 0.2) is 24.3 Å². The minimum absolute atomic E-state index is 0.0228. The monoisotopic (exact) mass is 349 g/mol. The molecule has 2 amide bonds. The minimum atomic E-state index is -0.382. The van der Waals surface area contributed by atoms with Gasteiger partial charge in [0, 0.05) is 31.1 Å². The van der Waals surface area contributed by atoms with Crippen molar-refractivity contribution in [1.82, 2.24) is 15.1 Å². The maximum Gasteiger partial charge on any atom is 0.242 e. The number of nitrogens with one attached hydrogen (secondary N) is 1. The predicted molar refractivity (Wildman–Crippen MR) is 93.7 cm³/mol. The molecule has 1 N–H and O–H groups in total. The fourth-order valence-electron chi connectivity index (χ4n) is 3.48. The number of likely N-dealkylation sites (tertiary alicyclic amines) is 2. The number of amides is 2. The molecule has 1 unspecified atom stereocenters. The second kappa shape index (κ2) is 7.99. The third-order valence-corrected chi connectivity index (χ3v) is 5.22. The highest BCUT2D eigenvalue weighted by Gasteiger charge is 2.36. The molecule has 1 aromatic carbocycles. The lowest BCUT2D eigenvalue weighted by molar-refractivity contribution is -0.135. The maximum absolute atomic E-state index is 12.5. The van der Waals surface area contributed by atoms with E-state index in [2.05, 4.69) is 10.2 Å². The van der Waals surface area contributed by atoms with Gasteiger partial charge in [0.15, 0.2) is 0 Å². The van der Waals surface area contributed by atoms with Crippen LogP contribution in [0, 0.1) is 0 Å². The van der Waals surface area contributed by atoms with E-state index in [0.29, 0.717) is 31.0 Å². The highest BCUT2D eigenvalue weighted by Crippen LogP contribution is 2.24. The summed E-state index contributed by atoms with van der Waals surface area (Å²) in [5.41, 5.74) is 0.879. The number of carbonyl (C=O) groups excluding carboxylic acids is 2. The van der Waals surface area contributed by atoms with Gasteiger partial charge in [-0.2, -0.15) is 0 Å². The van der Waals surface area contributed by atoms with Gasteiger partial charge in [-0.05, 0) is 44.0 Å². The topological polar surface area (TPSA) is 52.7 Å². The van der Waals surface area contributed by atoms with Crippen LogP contribution in [0.3, 0.4) is 0 Å².